The van der Waals surface area contributed by atoms with Crippen LogP contribution in [0.4, 0.5) is 0 Å². The molecule has 0 saturated heterocycles. The number of nitrogens with one attached hydrogen (secondary N) is 2. The summed E-state index contributed by atoms with van der Waals surface area (Å²) in [5, 5.41) is 7.49. The number of likely N-dealkylation sites (N-methyl/N-ethyl adjacent to an activating group) is 1. The van der Waals surface area contributed by atoms with Crippen molar-refractivity contribution in [3.05, 3.63) is 15.6 Å². The average Bonchev–Trinajstić information content (AvgIpc) is 2.79. The first kappa shape index (κ1) is 18.8. The zero-order chi connectivity index (χ0) is 16.5. The van der Waals surface area contributed by atoms with Crippen molar-refractivity contribution in [1.29, 1.82) is 0 Å². The fourth-order valence-corrected chi connectivity index (χ4v) is 2.69. The Kier molecular flexibility index (Phi) is 8.26. The predicted molar refractivity (Wildman–Crippen MR) is 95.8 cm³/mol. The molecule has 22 heavy (non-hydrogen) atoms. The van der Waals surface area contributed by atoms with Crippen LogP contribution in [-0.2, 0) is 11.3 Å². The van der Waals surface area contributed by atoms with Gasteiger partial charge in [0.25, 0.3) is 0 Å². The third-order valence-corrected chi connectivity index (χ3v) is 4.63. The number of amides is 1. The molecule has 1 aromatic heterocycles. The molecule has 0 fully saturated rings. The number of hydrogen-bond donors (Lipinski definition) is 2. The van der Waals surface area contributed by atoms with Crippen molar-refractivity contribution in [2.75, 3.05) is 39.2 Å². The molecule has 0 radical (unpaired) electrons. The summed E-state index contributed by atoms with van der Waals surface area (Å²) in [7, 11) is 3.46. The van der Waals surface area contributed by atoms with Crippen LogP contribution >= 0.6 is 23.1 Å². The van der Waals surface area contributed by atoms with Crippen molar-refractivity contribution < 1.29 is 4.79 Å². The number of carbonyl (C=O) groups is 1. The zero-order valence-corrected chi connectivity index (χ0v) is 15.5. The molecule has 0 atom stereocenters. The summed E-state index contributed by atoms with van der Waals surface area (Å²) in [6.45, 7) is 5.63. The maximum Gasteiger partial charge on any atom is 0.243 e. The second kappa shape index (κ2) is 9.68. The molecule has 0 aliphatic heterocycles. The highest BCUT2D eigenvalue weighted by atomic mass is 32.2. The van der Waals surface area contributed by atoms with Crippen LogP contribution in [0.3, 0.4) is 0 Å². The van der Waals surface area contributed by atoms with Crippen LogP contribution in [0.2, 0.25) is 0 Å². The summed E-state index contributed by atoms with van der Waals surface area (Å²) < 4.78 is 0. The molecular formula is C14H25N5OS2. The van der Waals surface area contributed by atoms with E-state index >= 15 is 0 Å². The summed E-state index contributed by atoms with van der Waals surface area (Å²) in [6.07, 6.45) is 2.06. The predicted octanol–water partition coefficient (Wildman–Crippen LogP) is 1.25. The molecule has 0 aromatic carbocycles. The van der Waals surface area contributed by atoms with E-state index in [4.69, 9.17) is 0 Å². The summed E-state index contributed by atoms with van der Waals surface area (Å²) in [5.41, 5.74) is 1.07. The Bertz CT molecular complexity index is 494. The Morgan fingerprint density at radius 2 is 2.09 bits per heavy atom. The lowest BCUT2D eigenvalue weighted by atomic mass is 10.4. The van der Waals surface area contributed by atoms with Gasteiger partial charge < -0.3 is 15.5 Å². The molecule has 1 aromatic rings. The molecular weight excluding hydrogens is 318 g/mol. The lowest BCUT2D eigenvalue weighted by Gasteiger charge is -2.12. The highest BCUT2D eigenvalue weighted by molar-refractivity contribution is 7.98. The molecule has 0 spiro atoms. The van der Waals surface area contributed by atoms with Gasteiger partial charge in [0.05, 0.1) is 12.2 Å². The molecule has 124 valence electrons. The third kappa shape index (κ3) is 6.65. The lowest BCUT2D eigenvalue weighted by molar-refractivity contribution is -0.127. The summed E-state index contributed by atoms with van der Waals surface area (Å²) in [6, 6.07) is 0. The number of thioether (sulfide) groups is 1. The fraction of sp³-hybridized carbons (Fsp3) is 0.643. The van der Waals surface area contributed by atoms with Crippen molar-refractivity contribution >= 4 is 35.0 Å². The van der Waals surface area contributed by atoms with Crippen molar-refractivity contribution in [1.82, 2.24) is 20.5 Å². The Morgan fingerprint density at radius 1 is 1.36 bits per heavy atom. The number of carbonyl (C=O) groups excluding carboxylic acids is 1. The monoisotopic (exact) mass is 343 g/mol. The molecule has 1 rings (SSSR count). The van der Waals surface area contributed by atoms with Gasteiger partial charge in [-0.2, -0.15) is 11.8 Å². The molecule has 0 aliphatic rings. The summed E-state index contributed by atoms with van der Waals surface area (Å²) >= 11 is 3.44. The zero-order valence-electron chi connectivity index (χ0n) is 13.9. The van der Waals surface area contributed by atoms with Crippen molar-refractivity contribution in [2.24, 2.45) is 4.99 Å². The topological polar surface area (TPSA) is 69.6 Å². The van der Waals surface area contributed by atoms with E-state index in [1.165, 1.54) is 9.78 Å². The van der Waals surface area contributed by atoms with Gasteiger partial charge in [-0.1, -0.05) is 0 Å². The second-order valence-corrected chi connectivity index (χ2v) is 7.25. The number of thiazole rings is 1. The Hall–Kier alpha value is -1.28. The molecule has 8 heteroatoms. The molecule has 0 aliphatic carbocycles. The van der Waals surface area contributed by atoms with Crippen molar-refractivity contribution in [2.45, 2.75) is 20.4 Å². The van der Waals surface area contributed by atoms with Gasteiger partial charge in [-0.05, 0) is 20.1 Å². The molecule has 1 heterocycles. The number of nitrogens with zero attached hydrogens (tertiary/aromatic N) is 3. The maximum atomic E-state index is 11.6. The van der Waals surface area contributed by atoms with E-state index < -0.39 is 0 Å². The SMILES string of the molecule is CSCCNC(=NCC(=O)N(C)C)NCc1nc(C)c(C)s1. The van der Waals surface area contributed by atoms with Crippen molar-refractivity contribution in [3.63, 3.8) is 0 Å². The normalized spacial score (nSPS) is 11.4. The van der Waals surface area contributed by atoms with E-state index in [2.05, 4.69) is 33.8 Å². The van der Waals surface area contributed by atoms with E-state index in [0.717, 1.165) is 23.0 Å². The van der Waals surface area contributed by atoms with Crippen LogP contribution < -0.4 is 10.6 Å². The van der Waals surface area contributed by atoms with Gasteiger partial charge in [0, 0.05) is 31.3 Å². The Morgan fingerprint density at radius 3 is 2.64 bits per heavy atom. The second-order valence-electron chi connectivity index (χ2n) is 4.98. The van der Waals surface area contributed by atoms with Gasteiger partial charge in [-0.15, -0.1) is 11.3 Å². The number of hydrogen-bond acceptors (Lipinski definition) is 5. The van der Waals surface area contributed by atoms with Gasteiger partial charge in [0.15, 0.2) is 5.96 Å². The number of aryl methyl sites for hydroxylation is 2. The first-order valence-electron chi connectivity index (χ1n) is 7.08. The summed E-state index contributed by atoms with van der Waals surface area (Å²) in [5.74, 6) is 1.61. The third-order valence-electron chi connectivity index (χ3n) is 2.95. The average molecular weight is 344 g/mol. The number of aliphatic imine (C=N–C) groups is 1. The molecule has 2 N–H and O–H groups in total. The van der Waals surface area contributed by atoms with E-state index in [-0.39, 0.29) is 12.5 Å². The van der Waals surface area contributed by atoms with Gasteiger partial charge in [-0.3, -0.25) is 4.79 Å². The van der Waals surface area contributed by atoms with Crippen LogP contribution in [0.1, 0.15) is 15.6 Å². The smallest absolute Gasteiger partial charge is 0.243 e. The quantitative estimate of drug-likeness (QED) is 0.443. The first-order valence-corrected chi connectivity index (χ1v) is 9.29. The Balaban J connectivity index is 2.60. The van der Waals surface area contributed by atoms with Crippen LogP contribution in [0, 0.1) is 13.8 Å². The Labute approximate surface area is 140 Å². The van der Waals surface area contributed by atoms with Crippen LogP contribution in [0.25, 0.3) is 0 Å². The highest BCUT2D eigenvalue weighted by Gasteiger charge is 2.07. The number of aromatic nitrogens is 1. The molecule has 0 saturated carbocycles. The lowest BCUT2D eigenvalue weighted by Crippen LogP contribution is -2.39. The van der Waals surface area contributed by atoms with E-state index in [9.17, 15) is 4.79 Å². The van der Waals surface area contributed by atoms with E-state index in [0.29, 0.717) is 12.5 Å². The minimum Gasteiger partial charge on any atom is -0.356 e. The van der Waals surface area contributed by atoms with E-state index in [1.54, 1.807) is 37.2 Å². The van der Waals surface area contributed by atoms with Crippen LogP contribution in [0.5, 0.6) is 0 Å². The fourth-order valence-electron chi connectivity index (χ4n) is 1.51. The summed E-state index contributed by atoms with van der Waals surface area (Å²) in [4.78, 5) is 23.2. The van der Waals surface area contributed by atoms with Crippen LogP contribution in [0.15, 0.2) is 4.99 Å². The molecule has 1 amide bonds. The molecule has 6 nitrogen and oxygen atoms in total. The maximum absolute atomic E-state index is 11.6. The molecule has 0 unspecified atom stereocenters. The first-order chi connectivity index (χ1) is 10.4. The van der Waals surface area contributed by atoms with E-state index in [1.807, 2.05) is 6.92 Å². The minimum absolute atomic E-state index is 0.0214. The van der Waals surface area contributed by atoms with Gasteiger partial charge in [0.2, 0.25) is 5.91 Å². The van der Waals surface area contributed by atoms with Gasteiger partial charge in [0.1, 0.15) is 11.6 Å². The highest BCUT2D eigenvalue weighted by Crippen LogP contribution is 2.15. The minimum atomic E-state index is -0.0214. The number of rotatable bonds is 7. The van der Waals surface area contributed by atoms with Crippen molar-refractivity contribution in [3.8, 4) is 0 Å². The molecule has 0 bridgehead atoms. The largest absolute Gasteiger partial charge is 0.356 e. The van der Waals surface area contributed by atoms with Gasteiger partial charge in [-0.25, -0.2) is 9.98 Å². The van der Waals surface area contributed by atoms with Crippen LogP contribution in [-0.4, -0.2) is 60.9 Å². The standard InChI is InChI=1S/C14H25N5OS2/c1-10-11(2)22-12(18-10)8-16-14(15-6-7-21-5)17-9-13(20)19(3)4/h6-9H2,1-5H3,(H2,15,16,17). The van der Waals surface area contributed by atoms with Gasteiger partial charge >= 0.3 is 0 Å². The number of guanidine groups is 1.